The molecule has 1 fully saturated rings. The summed E-state index contributed by atoms with van der Waals surface area (Å²) in [5.41, 5.74) is 0. The van der Waals surface area contributed by atoms with Crippen LogP contribution in [0.3, 0.4) is 0 Å². The number of methoxy groups -OCH3 is 3. The first kappa shape index (κ1) is 29.3. The Bertz CT molecular complexity index is 958. The Hall–Kier alpha value is -2.29. The summed E-state index contributed by atoms with van der Waals surface area (Å²) in [6, 6.07) is 32.4. The molecule has 0 aliphatic carbocycles. The van der Waals surface area contributed by atoms with Gasteiger partial charge in [-0.2, -0.15) is 0 Å². The van der Waals surface area contributed by atoms with Gasteiger partial charge in [0.05, 0.1) is 12.7 Å². The summed E-state index contributed by atoms with van der Waals surface area (Å²) in [5, 5.41) is 3.89. The number of hydrogen-bond acceptors (Lipinski definition) is 4. The minimum Gasteiger partial charge on any atom is -0.418 e. The number of hydrogen-bond donors (Lipinski definition) is 0. The normalized spacial score (nSPS) is 22.1. The third-order valence-corrected chi connectivity index (χ3v) is 10.9. The molecule has 0 bridgehead atoms. The molecular weight excluding hydrogens is 506 g/mol. The fourth-order valence-corrected chi connectivity index (χ4v) is 9.61. The molecule has 4 unspecified atom stereocenters. The van der Waals surface area contributed by atoms with Gasteiger partial charge in [-0.1, -0.05) is 54.6 Å². The lowest BCUT2D eigenvalue weighted by Gasteiger charge is -2.44. The van der Waals surface area contributed by atoms with Gasteiger partial charge in [-0.3, -0.25) is 0 Å². The second kappa shape index (κ2) is 13.5. The first-order valence-corrected chi connectivity index (χ1v) is 13.7. The molecular formula is C27H32BF4O4P. The van der Waals surface area contributed by atoms with Gasteiger partial charge < -0.3 is 36.2 Å². The summed E-state index contributed by atoms with van der Waals surface area (Å²) in [6.07, 6.45) is 0.251. The molecule has 0 saturated carbocycles. The Balaban J connectivity index is 0.000000695. The van der Waals surface area contributed by atoms with Crippen molar-refractivity contribution in [1.82, 2.24) is 0 Å². The third kappa shape index (κ3) is 7.18. The largest absolute Gasteiger partial charge is 0.673 e. The highest BCUT2D eigenvalue weighted by Gasteiger charge is 2.58. The van der Waals surface area contributed by atoms with E-state index in [4.69, 9.17) is 18.9 Å². The predicted molar refractivity (Wildman–Crippen MR) is 142 cm³/mol. The molecule has 0 aromatic heterocycles. The van der Waals surface area contributed by atoms with Crippen molar-refractivity contribution in [2.75, 3.05) is 27.9 Å². The van der Waals surface area contributed by atoms with Crippen LogP contribution in [0.15, 0.2) is 91.0 Å². The van der Waals surface area contributed by atoms with Crippen molar-refractivity contribution in [2.24, 2.45) is 0 Å². The van der Waals surface area contributed by atoms with Crippen molar-refractivity contribution in [3.8, 4) is 0 Å². The molecule has 4 rings (SSSR count). The fraction of sp³-hybridized carbons (Fsp3) is 0.333. The van der Waals surface area contributed by atoms with Crippen LogP contribution in [0.25, 0.3) is 0 Å². The minimum absolute atomic E-state index is 0.0776. The summed E-state index contributed by atoms with van der Waals surface area (Å²) in [5.74, 6) is -0.0776. The molecule has 1 saturated heterocycles. The summed E-state index contributed by atoms with van der Waals surface area (Å²) in [7, 11) is -3.01. The third-order valence-electron chi connectivity index (χ3n) is 6.33. The Morgan fingerprint density at radius 2 is 1.14 bits per heavy atom. The van der Waals surface area contributed by atoms with Crippen molar-refractivity contribution in [2.45, 2.75) is 30.6 Å². The van der Waals surface area contributed by atoms with E-state index in [9.17, 15) is 17.3 Å². The van der Waals surface area contributed by atoms with E-state index in [-0.39, 0.29) is 24.2 Å². The molecule has 1 aliphatic heterocycles. The first-order valence-electron chi connectivity index (χ1n) is 11.9. The SMILES string of the molecule is COCC1OC([P+](c2ccccc2)(c2ccccc2)c2ccccc2)CC(OC)C1OC.F[B-](F)(F)F. The van der Waals surface area contributed by atoms with Crippen LogP contribution in [-0.4, -0.2) is 59.3 Å². The Morgan fingerprint density at radius 1 is 0.730 bits per heavy atom. The van der Waals surface area contributed by atoms with Gasteiger partial charge in [0.1, 0.15) is 35.4 Å². The molecule has 3 aromatic rings. The predicted octanol–water partition coefficient (Wildman–Crippen LogP) is 5.07. The summed E-state index contributed by atoms with van der Waals surface area (Å²) >= 11 is 0. The molecule has 1 heterocycles. The average molecular weight is 538 g/mol. The van der Waals surface area contributed by atoms with E-state index in [0.717, 1.165) is 6.42 Å². The van der Waals surface area contributed by atoms with Crippen molar-refractivity contribution >= 4 is 30.4 Å². The molecule has 10 heteroatoms. The van der Waals surface area contributed by atoms with Crippen LogP contribution in [-0.2, 0) is 18.9 Å². The van der Waals surface area contributed by atoms with E-state index < -0.39 is 14.5 Å². The summed E-state index contributed by atoms with van der Waals surface area (Å²) in [6.45, 7) is 0.452. The molecule has 37 heavy (non-hydrogen) atoms. The van der Waals surface area contributed by atoms with Crippen LogP contribution in [0.5, 0.6) is 0 Å². The second-order valence-corrected chi connectivity index (χ2v) is 12.1. The Morgan fingerprint density at radius 3 is 1.46 bits per heavy atom. The summed E-state index contributed by atoms with van der Waals surface area (Å²) < 4.78 is 63.2. The van der Waals surface area contributed by atoms with Gasteiger partial charge in [0.25, 0.3) is 0 Å². The maximum Gasteiger partial charge on any atom is 0.673 e. The molecule has 4 nitrogen and oxygen atoms in total. The van der Waals surface area contributed by atoms with Gasteiger partial charge in [0.15, 0.2) is 5.85 Å². The highest BCUT2D eigenvalue weighted by atomic mass is 31.2. The molecule has 0 amide bonds. The van der Waals surface area contributed by atoms with Crippen LogP contribution in [0.2, 0.25) is 0 Å². The maximum atomic E-state index is 9.75. The monoisotopic (exact) mass is 538 g/mol. The zero-order valence-corrected chi connectivity index (χ0v) is 21.9. The Labute approximate surface area is 216 Å². The van der Waals surface area contributed by atoms with E-state index in [1.165, 1.54) is 15.9 Å². The second-order valence-electron chi connectivity index (χ2n) is 8.52. The lowest BCUT2D eigenvalue weighted by molar-refractivity contribution is -0.180. The van der Waals surface area contributed by atoms with Crippen molar-refractivity contribution in [3.63, 3.8) is 0 Å². The molecule has 4 atom stereocenters. The van der Waals surface area contributed by atoms with Crippen LogP contribution in [0, 0.1) is 0 Å². The van der Waals surface area contributed by atoms with Crippen molar-refractivity contribution in [3.05, 3.63) is 91.0 Å². The van der Waals surface area contributed by atoms with Gasteiger partial charge in [0.2, 0.25) is 0 Å². The molecule has 200 valence electrons. The van der Waals surface area contributed by atoms with Gasteiger partial charge in [-0.15, -0.1) is 0 Å². The first-order chi connectivity index (χ1) is 17.7. The number of halogens is 4. The number of benzene rings is 3. The van der Waals surface area contributed by atoms with E-state index in [1.807, 2.05) is 0 Å². The van der Waals surface area contributed by atoms with Crippen LogP contribution >= 0.6 is 7.26 Å². The highest BCUT2D eigenvalue weighted by Crippen LogP contribution is 2.62. The van der Waals surface area contributed by atoms with Crippen molar-refractivity contribution in [1.29, 1.82) is 0 Å². The molecule has 0 spiro atoms. The van der Waals surface area contributed by atoms with Gasteiger partial charge >= 0.3 is 7.25 Å². The number of rotatable bonds is 8. The lowest BCUT2D eigenvalue weighted by atomic mass is 10.0. The molecule has 1 aliphatic rings. The fourth-order valence-electron chi connectivity index (χ4n) is 4.92. The standard InChI is InChI=1S/C27H32O4P.BF4/c1-28-20-25-27(30-3)24(29-2)19-26(31-25)32(21-13-7-4-8-14-21,22-15-9-5-10-16-22)23-17-11-6-12-18-23;2-1(3,4)5/h4-18,24-27H,19-20H2,1-3H3;/q+1;-1. The van der Waals surface area contributed by atoms with E-state index >= 15 is 0 Å². The van der Waals surface area contributed by atoms with Gasteiger partial charge in [-0.05, 0) is 36.4 Å². The van der Waals surface area contributed by atoms with Crippen LogP contribution in [0.4, 0.5) is 17.3 Å². The van der Waals surface area contributed by atoms with Crippen LogP contribution < -0.4 is 15.9 Å². The smallest absolute Gasteiger partial charge is 0.418 e. The molecule has 3 aromatic carbocycles. The maximum absolute atomic E-state index is 9.75. The minimum atomic E-state index is -6.00. The number of ether oxygens (including phenoxy) is 4. The quantitative estimate of drug-likeness (QED) is 0.228. The topological polar surface area (TPSA) is 36.9 Å². The van der Waals surface area contributed by atoms with E-state index in [1.54, 1.807) is 21.3 Å². The van der Waals surface area contributed by atoms with Crippen LogP contribution in [0.1, 0.15) is 6.42 Å². The molecule has 0 radical (unpaired) electrons. The zero-order chi connectivity index (χ0) is 26.9. The lowest BCUT2D eigenvalue weighted by Crippen LogP contribution is -2.55. The van der Waals surface area contributed by atoms with E-state index in [2.05, 4.69) is 91.0 Å². The zero-order valence-electron chi connectivity index (χ0n) is 21.1. The van der Waals surface area contributed by atoms with Gasteiger partial charge in [0, 0.05) is 27.8 Å². The van der Waals surface area contributed by atoms with Crippen molar-refractivity contribution < 1.29 is 36.2 Å². The van der Waals surface area contributed by atoms with Gasteiger partial charge in [-0.25, -0.2) is 0 Å². The molecule has 0 N–H and O–H groups in total. The average Bonchev–Trinajstić information content (AvgIpc) is 2.90. The van der Waals surface area contributed by atoms with E-state index in [0.29, 0.717) is 6.61 Å². The summed E-state index contributed by atoms with van der Waals surface area (Å²) in [4.78, 5) is 0. The highest BCUT2D eigenvalue weighted by molar-refractivity contribution is 7.96. The Kier molecular flexibility index (Phi) is 10.7.